The van der Waals surface area contributed by atoms with E-state index >= 15 is 0 Å². The van der Waals surface area contributed by atoms with E-state index in [1.807, 2.05) is 19.9 Å². The predicted octanol–water partition coefficient (Wildman–Crippen LogP) is 3.07. The predicted molar refractivity (Wildman–Crippen MR) is 97.5 cm³/mol. The lowest BCUT2D eigenvalue weighted by atomic mass is 10.1. The first-order valence-electron chi connectivity index (χ1n) is 8.17. The number of hydrazone groups is 1. The fourth-order valence-corrected chi connectivity index (χ4v) is 2.43. The van der Waals surface area contributed by atoms with Gasteiger partial charge in [-0.15, -0.1) is 0 Å². The van der Waals surface area contributed by atoms with Crippen LogP contribution in [0.15, 0.2) is 47.6 Å². The van der Waals surface area contributed by atoms with Crippen LogP contribution in [-0.2, 0) is 11.2 Å². The molecule has 0 unspecified atom stereocenters. The minimum Gasteiger partial charge on any atom is -0.507 e. The number of rotatable bonds is 7. The summed E-state index contributed by atoms with van der Waals surface area (Å²) in [5.74, 6) is -0.561. The van der Waals surface area contributed by atoms with Crippen LogP contribution in [0.2, 0.25) is 0 Å². The van der Waals surface area contributed by atoms with Gasteiger partial charge in [-0.1, -0.05) is 12.1 Å². The van der Waals surface area contributed by atoms with E-state index in [4.69, 9.17) is 0 Å². The molecule has 0 saturated heterocycles. The Morgan fingerprint density at radius 2 is 1.88 bits per heavy atom. The lowest BCUT2D eigenvalue weighted by molar-refractivity contribution is -0.120. The average Bonchev–Trinajstić information content (AvgIpc) is 2.60. The third-order valence-corrected chi connectivity index (χ3v) is 3.81. The number of nitrogens with zero attached hydrogens (tertiary/aromatic N) is 2. The van der Waals surface area contributed by atoms with Crippen molar-refractivity contribution in [2.24, 2.45) is 5.10 Å². The molecule has 0 saturated carbocycles. The number of hydrogen-bond acceptors (Lipinski definition) is 4. The van der Waals surface area contributed by atoms with Gasteiger partial charge < -0.3 is 10.0 Å². The highest BCUT2D eigenvalue weighted by molar-refractivity contribution is 5.86. The van der Waals surface area contributed by atoms with Gasteiger partial charge in [0.2, 0.25) is 5.91 Å². The van der Waals surface area contributed by atoms with E-state index in [1.54, 1.807) is 24.3 Å². The maximum Gasteiger partial charge on any atom is 0.244 e. The number of anilines is 1. The summed E-state index contributed by atoms with van der Waals surface area (Å²) in [6.45, 7) is 5.80. The van der Waals surface area contributed by atoms with Crippen molar-refractivity contribution >= 4 is 17.8 Å². The third kappa shape index (κ3) is 5.31. The average molecular weight is 343 g/mol. The van der Waals surface area contributed by atoms with Crippen LogP contribution in [0.3, 0.4) is 0 Å². The van der Waals surface area contributed by atoms with Gasteiger partial charge in [-0.05, 0) is 43.7 Å². The van der Waals surface area contributed by atoms with Gasteiger partial charge in [0.1, 0.15) is 11.6 Å². The number of aromatic hydroxyl groups is 1. The Labute approximate surface area is 146 Å². The smallest absolute Gasteiger partial charge is 0.244 e. The van der Waals surface area contributed by atoms with E-state index in [0.29, 0.717) is 11.1 Å². The highest BCUT2D eigenvalue weighted by Gasteiger charge is 2.06. The van der Waals surface area contributed by atoms with Crippen LogP contribution in [0.5, 0.6) is 5.75 Å². The fourth-order valence-electron chi connectivity index (χ4n) is 2.43. The van der Waals surface area contributed by atoms with Crippen molar-refractivity contribution < 1.29 is 14.3 Å². The molecule has 0 bridgehead atoms. The zero-order chi connectivity index (χ0) is 18.2. The molecule has 0 aliphatic heterocycles. The Morgan fingerprint density at radius 3 is 2.48 bits per heavy atom. The molecule has 0 aliphatic rings. The van der Waals surface area contributed by atoms with Crippen molar-refractivity contribution in [1.82, 2.24) is 5.43 Å². The number of halogens is 1. The van der Waals surface area contributed by atoms with Crippen LogP contribution in [0, 0.1) is 5.82 Å². The van der Waals surface area contributed by atoms with Gasteiger partial charge in [-0.25, -0.2) is 9.82 Å². The molecular formula is C19H22FN3O2. The summed E-state index contributed by atoms with van der Waals surface area (Å²) in [5.41, 5.74) is 4.53. The molecule has 1 amide bonds. The minimum absolute atomic E-state index is 0.0981. The number of benzene rings is 2. The van der Waals surface area contributed by atoms with E-state index in [1.165, 1.54) is 18.3 Å². The quantitative estimate of drug-likeness (QED) is 0.600. The van der Waals surface area contributed by atoms with E-state index in [9.17, 15) is 14.3 Å². The van der Waals surface area contributed by atoms with Gasteiger partial charge in [0.25, 0.3) is 0 Å². The monoisotopic (exact) mass is 343 g/mol. The van der Waals surface area contributed by atoms with Crippen LogP contribution < -0.4 is 10.3 Å². The zero-order valence-corrected chi connectivity index (χ0v) is 14.4. The van der Waals surface area contributed by atoms with E-state index in [-0.39, 0.29) is 23.9 Å². The molecule has 6 heteroatoms. The SMILES string of the molecule is CCN(CC)c1ccc(/C=N\NC(=O)Cc2ccc(F)cc2)c(O)c1. The van der Waals surface area contributed by atoms with Gasteiger partial charge in [0, 0.05) is 30.4 Å². The second-order valence-corrected chi connectivity index (χ2v) is 5.51. The number of hydrogen-bond donors (Lipinski definition) is 2. The first-order valence-corrected chi connectivity index (χ1v) is 8.17. The number of amides is 1. The van der Waals surface area contributed by atoms with Crippen LogP contribution in [0.1, 0.15) is 25.0 Å². The number of phenols is 1. The molecule has 132 valence electrons. The molecule has 0 spiro atoms. The lowest BCUT2D eigenvalue weighted by Gasteiger charge is -2.21. The summed E-state index contributed by atoms with van der Waals surface area (Å²) in [7, 11) is 0. The Bertz CT molecular complexity index is 741. The van der Waals surface area contributed by atoms with Crippen LogP contribution in [0.25, 0.3) is 0 Å². The molecule has 0 heterocycles. The van der Waals surface area contributed by atoms with Gasteiger partial charge in [0.05, 0.1) is 12.6 Å². The van der Waals surface area contributed by atoms with Gasteiger partial charge >= 0.3 is 0 Å². The lowest BCUT2D eigenvalue weighted by Crippen LogP contribution is -2.21. The summed E-state index contributed by atoms with van der Waals surface area (Å²) in [6, 6.07) is 11.0. The Kier molecular flexibility index (Phi) is 6.51. The molecule has 0 atom stereocenters. The maximum absolute atomic E-state index is 12.8. The molecular weight excluding hydrogens is 321 g/mol. The van der Waals surface area contributed by atoms with Gasteiger partial charge in [-0.2, -0.15) is 5.10 Å². The molecule has 0 fully saturated rings. The molecule has 2 aromatic rings. The van der Waals surface area contributed by atoms with Crippen molar-refractivity contribution in [2.75, 3.05) is 18.0 Å². The second-order valence-electron chi connectivity index (χ2n) is 5.51. The molecule has 0 radical (unpaired) electrons. The van der Waals surface area contributed by atoms with E-state index < -0.39 is 0 Å². The summed E-state index contributed by atoms with van der Waals surface area (Å²) in [4.78, 5) is 13.9. The molecule has 0 aromatic heterocycles. The normalized spacial score (nSPS) is 10.8. The van der Waals surface area contributed by atoms with Crippen molar-refractivity contribution in [3.05, 3.63) is 59.4 Å². The van der Waals surface area contributed by atoms with Crippen LogP contribution in [-0.4, -0.2) is 30.3 Å². The molecule has 5 nitrogen and oxygen atoms in total. The van der Waals surface area contributed by atoms with Crippen molar-refractivity contribution in [1.29, 1.82) is 0 Å². The number of carbonyl (C=O) groups excluding carboxylic acids is 1. The fraction of sp³-hybridized carbons (Fsp3) is 0.263. The molecule has 0 aliphatic carbocycles. The van der Waals surface area contributed by atoms with Crippen molar-refractivity contribution in [2.45, 2.75) is 20.3 Å². The first-order chi connectivity index (χ1) is 12.0. The summed E-state index contributed by atoms with van der Waals surface area (Å²) in [6.07, 6.45) is 1.49. The molecule has 2 rings (SSSR count). The van der Waals surface area contributed by atoms with Crippen LogP contribution >= 0.6 is 0 Å². The Morgan fingerprint density at radius 1 is 1.20 bits per heavy atom. The van der Waals surface area contributed by atoms with Crippen LogP contribution in [0.4, 0.5) is 10.1 Å². The highest BCUT2D eigenvalue weighted by Crippen LogP contribution is 2.23. The largest absolute Gasteiger partial charge is 0.507 e. The van der Waals surface area contributed by atoms with Crippen molar-refractivity contribution in [3.63, 3.8) is 0 Å². The third-order valence-electron chi connectivity index (χ3n) is 3.81. The first kappa shape index (κ1) is 18.4. The molecule has 25 heavy (non-hydrogen) atoms. The number of nitrogens with one attached hydrogen (secondary N) is 1. The Balaban J connectivity index is 1.95. The van der Waals surface area contributed by atoms with E-state index in [2.05, 4.69) is 15.4 Å². The Hall–Kier alpha value is -2.89. The maximum atomic E-state index is 12.8. The van der Waals surface area contributed by atoms with Crippen molar-refractivity contribution in [3.8, 4) is 5.75 Å². The number of carbonyl (C=O) groups is 1. The molecule has 2 aromatic carbocycles. The molecule has 2 N–H and O–H groups in total. The summed E-state index contributed by atoms with van der Waals surface area (Å²) in [5, 5.41) is 14.0. The van der Waals surface area contributed by atoms with Gasteiger partial charge in [-0.3, -0.25) is 4.79 Å². The number of phenolic OH excluding ortho intramolecular Hbond substituents is 1. The van der Waals surface area contributed by atoms with E-state index in [0.717, 1.165) is 18.8 Å². The minimum atomic E-state index is -0.342. The zero-order valence-electron chi connectivity index (χ0n) is 14.4. The van der Waals surface area contributed by atoms with Gasteiger partial charge in [0.15, 0.2) is 0 Å². The summed E-state index contributed by atoms with van der Waals surface area (Å²) < 4.78 is 12.8. The second kappa shape index (κ2) is 8.82. The highest BCUT2D eigenvalue weighted by atomic mass is 19.1. The standard InChI is InChI=1S/C19H22FN3O2/c1-3-23(4-2)17-10-7-15(18(24)12-17)13-21-22-19(25)11-14-5-8-16(20)9-6-14/h5-10,12-13,24H,3-4,11H2,1-2H3,(H,22,25)/b21-13-. The topological polar surface area (TPSA) is 64.9 Å². The summed E-state index contributed by atoms with van der Waals surface area (Å²) >= 11 is 0.